The van der Waals surface area contributed by atoms with E-state index < -0.39 is 0 Å². The van der Waals surface area contributed by atoms with Gasteiger partial charge in [0.1, 0.15) is 5.01 Å². The molecule has 2 aromatic heterocycles. The third-order valence-corrected chi connectivity index (χ3v) is 4.50. The van der Waals surface area contributed by atoms with Crippen molar-refractivity contribution in [3.05, 3.63) is 64.8 Å². The summed E-state index contributed by atoms with van der Waals surface area (Å²) in [4.78, 5) is 16.7. The molecular weight excluding hydrogens is 320 g/mol. The normalized spacial score (nSPS) is 12.4. The highest BCUT2D eigenvalue weighted by Crippen LogP contribution is 2.25. The molecule has 6 heteroatoms. The summed E-state index contributed by atoms with van der Waals surface area (Å²) in [5.41, 5.74) is 2.90. The number of rotatable bonds is 5. The van der Waals surface area contributed by atoms with E-state index in [-0.39, 0.29) is 11.9 Å². The molecule has 0 unspecified atom stereocenters. The van der Waals surface area contributed by atoms with Crippen molar-refractivity contribution in [3.8, 4) is 11.3 Å². The van der Waals surface area contributed by atoms with E-state index >= 15 is 0 Å². The highest BCUT2D eigenvalue weighted by molar-refractivity contribution is 7.10. The van der Waals surface area contributed by atoms with Crippen molar-refractivity contribution >= 4 is 23.3 Å². The second-order valence-corrected chi connectivity index (χ2v) is 6.34. The molecule has 0 aliphatic rings. The minimum absolute atomic E-state index is 0.140. The van der Waals surface area contributed by atoms with Gasteiger partial charge >= 0.3 is 0 Å². The van der Waals surface area contributed by atoms with Crippen molar-refractivity contribution in [2.24, 2.45) is 7.05 Å². The molecule has 0 radical (unpaired) electrons. The van der Waals surface area contributed by atoms with E-state index in [1.165, 1.54) is 6.08 Å². The lowest BCUT2D eigenvalue weighted by Gasteiger charge is -2.08. The molecule has 5 nitrogen and oxygen atoms in total. The second kappa shape index (κ2) is 7.23. The molecule has 0 bridgehead atoms. The SMILES string of the molecule is C[C@@H](NC(=O)/C=C\c1cnn(C)c1)c1nc(-c2ccccc2)cs1. The van der Waals surface area contributed by atoms with Crippen LogP contribution in [0, 0.1) is 0 Å². The van der Waals surface area contributed by atoms with E-state index in [4.69, 9.17) is 0 Å². The Bertz CT molecular complexity index is 851. The maximum absolute atomic E-state index is 12.0. The molecule has 3 aromatic rings. The topological polar surface area (TPSA) is 59.8 Å². The van der Waals surface area contributed by atoms with E-state index in [0.29, 0.717) is 0 Å². The van der Waals surface area contributed by atoms with Crippen LogP contribution >= 0.6 is 11.3 Å². The number of nitrogens with zero attached hydrogens (tertiary/aromatic N) is 3. The molecule has 0 aliphatic heterocycles. The first-order chi connectivity index (χ1) is 11.6. The number of carbonyl (C=O) groups is 1. The number of aryl methyl sites for hydroxylation is 1. The molecule has 0 saturated carbocycles. The third-order valence-electron chi connectivity index (χ3n) is 3.47. The zero-order valence-electron chi connectivity index (χ0n) is 13.5. The van der Waals surface area contributed by atoms with Crippen LogP contribution in [-0.2, 0) is 11.8 Å². The van der Waals surface area contributed by atoms with Gasteiger partial charge in [-0.05, 0) is 13.0 Å². The van der Waals surface area contributed by atoms with Crippen LogP contribution in [0.5, 0.6) is 0 Å². The molecule has 2 heterocycles. The van der Waals surface area contributed by atoms with Gasteiger partial charge in [0, 0.05) is 35.8 Å². The fourth-order valence-electron chi connectivity index (χ4n) is 2.25. The van der Waals surface area contributed by atoms with Crippen LogP contribution in [0.1, 0.15) is 23.5 Å². The van der Waals surface area contributed by atoms with Crippen molar-refractivity contribution in [1.82, 2.24) is 20.1 Å². The molecule has 24 heavy (non-hydrogen) atoms. The third kappa shape index (κ3) is 3.97. The summed E-state index contributed by atoms with van der Waals surface area (Å²) >= 11 is 1.55. The molecule has 0 saturated heterocycles. The van der Waals surface area contributed by atoms with Crippen LogP contribution < -0.4 is 5.32 Å². The number of thiazole rings is 1. The first-order valence-corrected chi connectivity index (χ1v) is 8.48. The zero-order valence-corrected chi connectivity index (χ0v) is 14.3. The minimum Gasteiger partial charge on any atom is -0.344 e. The smallest absolute Gasteiger partial charge is 0.244 e. The lowest BCUT2D eigenvalue weighted by atomic mass is 10.2. The summed E-state index contributed by atoms with van der Waals surface area (Å²) in [5, 5.41) is 9.89. The van der Waals surface area contributed by atoms with Gasteiger partial charge in [0.15, 0.2) is 0 Å². The van der Waals surface area contributed by atoms with E-state index in [1.54, 1.807) is 28.3 Å². The summed E-state index contributed by atoms with van der Waals surface area (Å²) in [6, 6.07) is 9.87. The molecule has 1 atom stereocenters. The molecule has 1 aromatic carbocycles. The van der Waals surface area contributed by atoms with Crippen molar-refractivity contribution in [2.45, 2.75) is 13.0 Å². The van der Waals surface area contributed by atoms with Crippen molar-refractivity contribution in [3.63, 3.8) is 0 Å². The number of amides is 1. The predicted octanol–water partition coefficient (Wildman–Crippen LogP) is 3.43. The zero-order chi connectivity index (χ0) is 16.9. The second-order valence-electron chi connectivity index (χ2n) is 5.45. The quantitative estimate of drug-likeness (QED) is 0.725. The Hall–Kier alpha value is -2.73. The predicted molar refractivity (Wildman–Crippen MR) is 96.3 cm³/mol. The largest absolute Gasteiger partial charge is 0.344 e. The van der Waals surface area contributed by atoms with Gasteiger partial charge in [0.25, 0.3) is 0 Å². The van der Waals surface area contributed by atoms with Gasteiger partial charge in [-0.25, -0.2) is 4.98 Å². The molecule has 3 rings (SSSR count). The van der Waals surface area contributed by atoms with Gasteiger partial charge in [-0.3, -0.25) is 9.48 Å². The molecule has 0 spiro atoms. The molecule has 0 aliphatic carbocycles. The molecular formula is C18H18N4OS. The van der Waals surface area contributed by atoms with Gasteiger partial charge in [0.05, 0.1) is 17.9 Å². The maximum Gasteiger partial charge on any atom is 0.244 e. The van der Waals surface area contributed by atoms with Crippen LogP contribution in [0.4, 0.5) is 0 Å². The summed E-state index contributed by atoms with van der Waals surface area (Å²) in [7, 11) is 1.84. The fraction of sp³-hybridized carbons (Fsp3) is 0.167. The van der Waals surface area contributed by atoms with Crippen LogP contribution in [-0.4, -0.2) is 20.7 Å². The summed E-state index contributed by atoms with van der Waals surface area (Å²) in [5.74, 6) is -0.150. The number of aromatic nitrogens is 3. The maximum atomic E-state index is 12.0. The van der Waals surface area contributed by atoms with Crippen LogP contribution in [0.15, 0.2) is 54.2 Å². The van der Waals surface area contributed by atoms with Crippen molar-refractivity contribution < 1.29 is 4.79 Å². The number of hydrogen-bond acceptors (Lipinski definition) is 4. The fourth-order valence-corrected chi connectivity index (χ4v) is 3.08. The van der Waals surface area contributed by atoms with Gasteiger partial charge in [-0.2, -0.15) is 5.10 Å². The number of nitrogens with one attached hydrogen (secondary N) is 1. The van der Waals surface area contributed by atoms with E-state index in [9.17, 15) is 4.79 Å². The van der Waals surface area contributed by atoms with E-state index in [2.05, 4.69) is 15.4 Å². The molecule has 1 N–H and O–H groups in total. The first-order valence-electron chi connectivity index (χ1n) is 7.60. The first kappa shape index (κ1) is 16.1. The Kier molecular flexibility index (Phi) is 4.86. The van der Waals surface area contributed by atoms with Crippen LogP contribution in [0.25, 0.3) is 17.3 Å². The highest BCUT2D eigenvalue weighted by atomic mass is 32.1. The van der Waals surface area contributed by atoms with Gasteiger partial charge < -0.3 is 5.32 Å². The van der Waals surface area contributed by atoms with Gasteiger partial charge in [0.2, 0.25) is 5.91 Å². The van der Waals surface area contributed by atoms with Gasteiger partial charge in [-0.1, -0.05) is 30.3 Å². The van der Waals surface area contributed by atoms with Crippen LogP contribution in [0.3, 0.4) is 0 Å². The Morgan fingerprint density at radius 1 is 1.33 bits per heavy atom. The molecule has 0 fully saturated rings. The standard InChI is InChI=1S/C18H18N4OS/c1-13(20-17(23)9-8-14-10-19-22(2)11-14)18-21-16(12-24-18)15-6-4-3-5-7-15/h3-13H,1-2H3,(H,20,23)/b9-8-/t13-/m1/s1. The monoisotopic (exact) mass is 338 g/mol. The Morgan fingerprint density at radius 2 is 2.12 bits per heavy atom. The Balaban J connectivity index is 1.62. The lowest BCUT2D eigenvalue weighted by molar-refractivity contribution is -0.117. The summed E-state index contributed by atoms with van der Waals surface area (Å²) < 4.78 is 1.70. The van der Waals surface area contributed by atoms with E-state index in [0.717, 1.165) is 21.8 Å². The molecule has 1 amide bonds. The molecule has 122 valence electrons. The van der Waals surface area contributed by atoms with E-state index in [1.807, 2.05) is 55.9 Å². The Labute approximate surface area is 144 Å². The number of hydrogen-bond donors (Lipinski definition) is 1. The Morgan fingerprint density at radius 3 is 2.83 bits per heavy atom. The number of benzene rings is 1. The summed E-state index contributed by atoms with van der Waals surface area (Å²) in [6.07, 6.45) is 6.81. The van der Waals surface area contributed by atoms with Crippen molar-refractivity contribution in [2.75, 3.05) is 0 Å². The van der Waals surface area contributed by atoms with Crippen LogP contribution in [0.2, 0.25) is 0 Å². The lowest BCUT2D eigenvalue weighted by Crippen LogP contribution is -2.24. The minimum atomic E-state index is -0.150. The summed E-state index contributed by atoms with van der Waals surface area (Å²) in [6.45, 7) is 1.93. The highest BCUT2D eigenvalue weighted by Gasteiger charge is 2.12. The van der Waals surface area contributed by atoms with Crippen molar-refractivity contribution in [1.29, 1.82) is 0 Å². The average Bonchev–Trinajstić information content (AvgIpc) is 3.23. The average molecular weight is 338 g/mol. The number of carbonyl (C=O) groups excluding carboxylic acids is 1. The van der Waals surface area contributed by atoms with Gasteiger partial charge in [-0.15, -0.1) is 11.3 Å².